The molecule has 0 aromatic rings. The van der Waals surface area contributed by atoms with Gasteiger partial charge in [0.05, 0.1) is 0 Å². The summed E-state index contributed by atoms with van der Waals surface area (Å²) in [6.45, 7) is 19.4. The molecule has 2 bridgehead atoms. The molecule has 0 N–H and O–H groups in total. The summed E-state index contributed by atoms with van der Waals surface area (Å²) in [6.07, 6.45) is 2.32. The van der Waals surface area contributed by atoms with E-state index in [1.54, 1.807) is 6.92 Å². The zero-order valence-corrected chi connectivity index (χ0v) is 17.8. The highest BCUT2D eigenvalue weighted by Crippen LogP contribution is 2.59. The molecule has 2 aliphatic rings. The fourth-order valence-corrected chi connectivity index (χ4v) is 5.33. The number of ether oxygens (including phenoxy) is 1. The van der Waals surface area contributed by atoms with Gasteiger partial charge in [-0.15, -0.1) is 0 Å². The Hall–Kier alpha value is -0.943. The van der Waals surface area contributed by atoms with Crippen LogP contribution in [0.3, 0.4) is 0 Å². The Kier molecular flexibility index (Phi) is 5.42. The van der Waals surface area contributed by atoms with Gasteiger partial charge in [0, 0.05) is 12.5 Å². The second kappa shape index (κ2) is 6.65. The topological polar surface area (TPSA) is 52.6 Å². The van der Waals surface area contributed by atoms with Gasteiger partial charge in [0.1, 0.15) is 12.0 Å². The van der Waals surface area contributed by atoms with E-state index in [0.717, 1.165) is 6.42 Å². The highest BCUT2D eigenvalue weighted by atomic mass is 28.4. The normalized spacial score (nSPS) is 35.1. The third-order valence-corrected chi connectivity index (χ3v) is 11.6. The van der Waals surface area contributed by atoms with E-state index in [1.807, 2.05) is 0 Å². The molecule has 0 amide bonds. The van der Waals surface area contributed by atoms with Crippen molar-refractivity contribution in [1.29, 1.82) is 0 Å². The Morgan fingerprint density at radius 3 is 2.52 bits per heavy atom. The lowest BCUT2D eigenvalue weighted by Gasteiger charge is -2.41. The van der Waals surface area contributed by atoms with Crippen LogP contribution in [0.2, 0.25) is 18.1 Å². The molecule has 0 aromatic heterocycles. The van der Waals surface area contributed by atoms with Crippen molar-refractivity contribution in [2.75, 3.05) is 13.2 Å². The molecule has 2 fully saturated rings. The summed E-state index contributed by atoms with van der Waals surface area (Å²) in [5, 5.41) is 0.154. The minimum atomic E-state index is -1.84. The SMILES string of the molecule is C=CCOC(=O)[C@@]1(C)C(=O)[C@H]2C[C@@H]1[C@H](C)[C@@H]2CO[Si](C)(C)C(C)(C)C. The summed E-state index contributed by atoms with van der Waals surface area (Å²) < 4.78 is 11.6. The third kappa shape index (κ3) is 3.25. The summed E-state index contributed by atoms with van der Waals surface area (Å²) in [4.78, 5) is 25.5. The quantitative estimate of drug-likeness (QED) is 0.306. The van der Waals surface area contributed by atoms with Crippen LogP contribution < -0.4 is 0 Å². The molecule has 25 heavy (non-hydrogen) atoms. The molecule has 5 heteroatoms. The van der Waals surface area contributed by atoms with Crippen LogP contribution in [0.1, 0.15) is 41.0 Å². The number of ketones is 1. The van der Waals surface area contributed by atoms with E-state index >= 15 is 0 Å². The number of hydrogen-bond donors (Lipinski definition) is 0. The molecule has 0 spiro atoms. The van der Waals surface area contributed by atoms with Crippen LogP contribution in [0.15, 0.2) is 12.7 Å². The Bertz CT molecular complexity index is 563. The molecular formula is C20H34O4Si. The lowest BCUT2D eigenvalue weighted by Crippen LogP contribution is -2.50. The van der Waals surface area contributed by atoms with Gasteiger partial charge in [-0.2, -0.15) is 0 Å². The van der Waals surface area contributed by atoms with Gasteiger partial charge in [-0.25, -0.2) is 0 Å². The second-order valence-electron chi connectivity index (χ2n) is 9.50. The van der Waals surface area contributed by atoms with E-state index in [2.05, 4.69) is 47.4 Å². The number of esters is 1. The van der Waals surface area contributed by atoms with Gasteiger partial charge in [0.2, 0.25) is 0 Å². The van der Waals surface area contributed by atoms with Crippen molar-refractivity contribution in [2.24, 2.45) is 29.1 Å². The highest BCUT2D eigenvalue weighted by Gasteiger charge is 2.66. The molecule has 0 unspecified atom stereocenters. The average molecular weight is 367 g/mol. The van der Waals surface area contributed by atoms with Gasteiger partial charge in [0.25, 0.3) is 0 Å². The van der Waals surface area contributed by atoms with E-state index in [9.17, 15) is 9.59 Å². The number of carbonyl (C=O) groups is 2. The Labute approximate surface area is 153 Å². The van der Waals surface area contributed by atoms with Crippen LogP contribution in [0, 0.1) is 29.1 Å². The van der Waals surface area contributed by atoms with Crippen molar-refractivity contribution < 1.29 is 18.8 Å². The zero-order valence-electron chi connectivity index (χ0n) is 16.8. The van der Waals surface area contributed by atoms with Crippen LogP contribution >= 0.6 is 0 Å². The maximum atomic E-state index is 13.0. The summed E-state index contributed by atoms with van der Waals surface area (Å²) in [5.41, 5.74) is -0.999. The van der Waals surface area contributed by atoms with Gasteiger partial charge >= 0.3 is 5.97 Å². The first-order valence-electron chi connectivity index (χ1n) is 9.34. The van der Waals surface area contributed by atoms with Crippen molar-refractivity contribution in [3.05, 3.63) is 12.7 Å². The molecule has 142 valence electrons. The largest absolute Gasteiger partial charge is 0.461 e. The first-order valence-corrected chi connectivity index (χ1v) is 12.2. The lowest BCUT2D eigenvalue weighted by atomic mass is 9.65. The van der Waals surface area contributed by atoms with Crippen LogP contribution in [0.5, 0.6) is 0 Å². The summed E-state index contributed by atoms with van der Waals surface area (Å²) >= 11 is 0. The molecule has 2 aliphatic carbocycles. The van der Waals surface area contributed by atoms with E-state index in [-0.39, 0.29) is 47.1 Å². The Morgan fingerprint density at radius 2 is 2.00 bits per heavy atom. The van der Waals surface area contributed by atoms with Gasteiger partial charge < -0.3 is 9.16 Å². The molecule has 0 radical (unpaired) electrons. The number of fused-ring (bicyclic) bond motifs is 2. The maximum absolute atomic E-state index is 13.0. The fourth-order valence-electron chi connectivity index (χ4n) is 4.28. The van der Waals surface area contributed by atoms with Crippen LogP contribution in [0.25, 0.3) is 0 Å². The molecule has 0 aromatic carbocycles. The summed E-state index contributed by atoms with van der Waals surface area (Å²) in [7, 11) is -1.84. The number of Topliss-reactive ketones (excluding diaryl/α,β-unsaturated/α-hetero) is 1. The van der Waals surface area contributed by atoms with Gasteiger partial charge in [-0.1, -0.05) is 40.3 Å². The minimum Gasteiger partial charge on any atom is -0.461 e. The molecule has 0 heterocycles. The summed E-state index contributed by atoms with van der Waals surface area (Å²) in [5.74, 6) is 0.135. The zero-order chi connectivity index (χ0) is 19.2. The number of carbonyl (C=O) groups excluding carboxylic acids is 2. The van der Waals surface area contributed by atoms with E-state index in [1.165, 1.54) is 6.08 Å². The van der Waals surface area contributed by atoms with Gasteiger partial charge in [0.15, 0.2) is 14.1 Å². The van der Waals surface area contributed by atoms with Crippen molar-refractivity contribution in [2.45, 2.75) is 59.2 Å². The molecule has 4 nitrogen and oxygen atoms in total. The minimum absolute atomic E-state index is 0.0495. The fraction of sp³-hybridized carbons (Fsp3) is 0.800. The molecule has 5 atom stereocenters. The lowest BCUT2D eigenvalue weighted by molar-refractivity contribution is -0.164. The van der Waals surface area contributed by atoms with Crippen LogP contribution in [-0.4, -0.2) is 33.3 Å². The van der Waals surface area contributed by atoms with Crippen molar-refractivity contribution in [3.63, 3.8) is 0 Å². The first kappa shape index (κ1) is 20.4. The van der Waals surface area contributed by atoms with Crippen molar-refractivity contribution in [3.8, 4) is 0 Å². The standard InChI is InChI=1S/C20H34O4Si/c1-9-10-23-18(22)20(6)16-11-14(17(20)21)15(13(16)2)12-24-25(7,8)19(3,4)5/h9,13-16H,1,10-12H2,2-8H3/t13-,14+,15+,16-,20-/m1/s1. The molecule has 2 rings (SSSR count). The average Bonchev–Trinajstić information content (AvgIpc) is 2.97. The maximum Gasteiger partial charge on any atom is 0.319 e. The molecule has 2 saturated carbocycles. The van der Waals surface area contributed by atoms with E-state index in [4.69, 9.17) is 9.16 Å². The van der Waals surface area contributed by atoms with Crippen LogP contribution in [-0.2, 0) is 18.8 Å². The monoisotopic (exact) mass is 366 g/mol. The smallest absolute Gasteiger partial charge is 0.319 e. The van der Waals surface area contributed by atoms with Gasteiger partial charge in [-0.05, 0) is 49.2 Å². The Morgan fingerprint density at radius 1 is 1.40 bits per heavy atom. The van der Waals surface area contributed by atoms with Crippen LogP contribution in [0.4, 0.5) is 0 Å². The predicted octanol–water partition coefficient (Wildman–Crippen LogP) is 4.21. The Balaban J connectivity index is 2.11. The predicted molar refractivity (Wildman–Crippen MR) is 102 cm³/mol. The van der Waals surface area contributed by atoms with Crippen molar-refractivity contribution in [1.82, 2.24) is 0 Å². The number of rotatable bonds is 6. The van der Waals surface area contributed by atoms with Gasteiger partial charge in [-0.3, -0.25) is 9.59 Å². The molecule has 0 saturated heterocycles. The van der Waals surface area contributed by atoms with Crippen molar-refractivity contribution >= 4 is 20.1 Å². The second-order valence-corrected chi connectivity index (χ2v) is 14.3. The molecular weight excluding hydrogens is 332 g/mol. The summed E-state index contributed by atoms with van der Waals surface area (Å²) in [6, 6.07) is 0. The van der Waals surface area contributed by atoms with E-state index in [0.29, 0.717) is 6.61 Å². The number of hydrogen-bond acceptors (Lipinski definition) is 4. The highest BCUT2D eigenvalue weighted by molar-refractivity contribution is 6.74. The third-order valence-electron chi connectivity index (χ3n) is 7.12. The van der Waals surface area contributed by atoms with E-state index < -0.39 is 13.7 Å². The first-order chi connectivity index (χ1) is 11.4. The molecule has 0 aliphatic heterocycles.